The van der Waals surface area contributed by atoms with Crippen LogP contribution in [0.2, 0.25) is 0 Å². The van der Waals surface area contributed by atoms with E-state index in [4.69, 9.17) is 42.7 Å². The fourth-order valence-electron chi connectivity index (χ4n) is 4.98. The maximum absolute atomic E-state index is 16.0. The van der Waals surface area contributed by atoms with Crippen molar-refractivity contribution in [3.8, 4) is 0 Å². The number of nitrogen functional groups attached to an aromatic ring is 1. The molecule has 3 N–H and O–H groups in total. The van der Waals surface area contributed by atoms with Crippen LogP contribution in [-0.4, -0.2) is 93.3 Å². The highest BCUT2D eigenvalue weighted by molar-refractivity contribution is 7.48. The Morgan fingerprint density at radius 2 is 1.57 bits per heavy atom. The average Bonchev–Trinajstić information content (AvgIpc) is 3.66. The number of alkyl halides is 2. The molecule has 25 heteroatoms. The molecule has 3 aliphatic rings. The molecule has 0 radical (unpaired) electrons. The zero-order valence-electron chi connectivity index (χ0n) is 23.5. The maximum atomic E-state index is 16.0. The number of phosphoric ester groups is 2. The van der Waals surface area contributed by atoms with Gasteiger partial charge in [-0.1, -0.05) is 0 Å². The summed E-state index contributed by atoms with van der Waals surface area (Å²) in [4.78, 5) is 46.9. The highest BCUT2D eigenvalue weighted by Gasteiger charge is 2.56. The van der Waals surface area contributed by atoms with Crippen molar-refractivity contribution in [1.82, 2.24) is 29.1 Å². The van der Waals surface area contributed by atoms with E-state index in [0.29, 0.717) is 4.57 Å². The first-order chi connectivity index (χ1) is 22.0. The Kier molecular flexibility index (Phi) is 9.19. The number of anilines is 1. The van der Waals surface area contributed by atoms with Gasteiger partial charge < -0.3 is 15.2 Å². The summed E-state index contributed by atoms with van der Waals surface area (Å²) in [5.41, 5.74) is 4.21. The fraction of sp³-hybridized carbons (Fsp3) is 0.571. The molecule has 0 aliphatic carbocycles. The molecule has 2 bridgehead atoms. The van der Waals surface area contributed by atoms with Gasteiger partial charge in [-0.05, 0) is 0 Å². The predicted molar refractivity (Wildman–Crippen MR) is 142 cm³/mol. The van der Waals surface area contributed by atoms with Gasteiger partial charge in [-0.15, -0.1) is 9.35 Å². The molecule has 6 rings (SSSR count). The lowest BCUT2D eigenvalue weighted by atomic mass is 10.1. The van der Waals surface area contributed by atoms with Crippen molar-refractivity contribution in [3.05, 3.63) is 45.8 Å². The van der Waals surface area contributed by atoms with E-state index in [9.17, 15) is 18.7 Å². The first-order valence-corrected chi connectivity index (χ1v) is 16.0. The number of aromatic nitrogens is 6. The van der Waals surface area contributed by atoms with Gasteiger partial charge in [0.1, 0.15) is 36.3 Å². The molecular formula is C21H25F2N7O14P2. The molecule has 10 atom stereocenters. The number of H-pyrrole nitrogens is 1. The van der Waals surface area contributed by atoms with Crippen LogP contribution < -0.4 is 17.0 Å². The van der Waals surface area contributed by atoms with Crippen LogP contribution in [-0.2, 0) is 55.8 Å². The Morgan fingerprint density at radius 3 is 2.24 bits per heavy atom. The zero-order chi connectivity index (χ0) is 32.8. The number of ether oxygens (including phenoxy) is 2. The molecule has 3 aromatic heterocycles. The van der Waals surface area contributed by atoms with Crippen LogP contribution in [0.3, 0.4) is 0 Å². The Bertz CT molecular complexity index is 1790. The fourth-order valence-corrected chi connectivity index (χ4v) is 7.35. The zero-order valence-corrected chi connectivity index (χ0v) is 25.3. The SMILES string of the molecule is COOP1(=O)OC[C@H]2O[C@@H](n3ccc(=O)[nH]c3=O)[C@H](F)[C@@H]2OP(=O)(OOC)OC[C@H]2O[C@@H](n3cnc4c(N)ncnc43)[C@H](O1)[C@@H]2F. The molecule has 3 aromatic rings. The van der Waals surface area contributed by atoms with Gasteiger partial charge in [0.2, 0.25) is 0 Å². The summed E-state index contributed by atoms with van der Waals surface area (Å²) in [6, 6.07) is 0.920. The molecule has 6 heterocycles. The van der Waals surface area contributed by atoms with Gasteiger partial charge in [0.15, 0.2) is 36.3 Å². The van der Waals surface area contributed by atoms with Gasteiger partial charge in [-0.3, -0.25) is 37.0 Å². The Balaban J connectivity index is 1.38. The summed E-state index contributed by atoms with van der Waals surface area (Å²) >= 11 is 0. The second-order valence-corrected chi connectivity index (χ2v) is 12.8. The van der Waals surface area contributed by atoms with E-state index < -0.39 is 89.3 Å². The predicted octanol–water partition coefficient (Wildman–Crippen LogP) is 0.619. The lowest BCUT2D eigenvalue weighted by Gasteiger charge is -2.26. The number of rotatable bonds is 6. The van der Waals surface area contributed by atoms with Crippen molar-refractivity contribution in [2.45, 2.75) is 49.2 Å². The van der Waals surface area contributed by atoms with Gasteiger partial charge in [0.05, 0.1) is 33.8 Å². The lowest BCUT2D eigenvalue weighted by molar-refractivity contribution is -0.211. The van der Waals surface area contributed by atoms with Crippen molar-refractivity contribution in [2.24, 2.45) is 0 Å². The van der Waals surface area contributed by atoms with Crippen LogP contribution in [0.15, 0.2) is 34.5 Å². The van der Waals surface area contributed by atoms with E-state index in [1.807, 2.05) is 4.98 Å². The number of nitrogens with zero attached hydrogens (tertiary/aromatic N) is 5. The van der Waals surface area contributed by atoms with Gasteiger partial charge in [-0.2, -0.15) is 0 Å². The average molecular weight is 699 g/mol. The first-order valence-electron chi connectivity index (χ1n) is 13.1. The summed E-state index contributed by atoms with van der Waals surface area (Å²) in [6.07, 6.45) is -11.7. The number of hydrogen-bond donors (Lipinski definition) is 2. The monoisotopic (exact) mass is 699 g/mol. The Morgan fingerprint density at radius 1 is 0.913 bits per heavy atom. The van der Waals surface area contributed by atoms with Gasteiger partial charge >= 0.3 is 21.3 Å². The first kappa shape index (κ1) is 32.9. The molecule has 2 unspecified atom stereocenters. The van der Waals surface area contributed by atoms with E-state index in [1.54, 1.807) is 0 Å². The van der Waals surface area contributed by atoms with Gasteiger partial charge in [0.25, 0.3) is 5.56 Å². The quantitative estimate of drug-likeness (QED) is 0.203. The third-order valence-corrected chi connectivity index (χ3v) is 9.54. The van der Waals surface area contributed by atoms with E-state index in [1.165, 1.54) is 10.9 Å². The molecule has 3 saturated heterocycles. The molecule has 252 valence electrons. The number of fused-ring (bicyclic) bond motifs is 4. The highest BCUT2D eigenvalue weighted by Crippen LogP contribution is 2.58. The minimum Gasteiger partial charge on any atom is -0.382 e. The number of hydrogen-bond acceptors (Lipinski definition) is 18. The molecular weight excluding hydrogens is 674 g/mol. The van der Waals surface area contributed by atoms with Crippen LogP contribution in [0.1, 0.15) is 12.5 Å². The maximum Gasteiger partial charge on any atom is 0.502 e. The lowest BCUT2D eigenvalue weighted by Crippen LogP contribution is -2.37. The standard InChI is InChI=1S/C21H25F2N7O14P2/c1-35-43-45(33)37-5-9-12(22)16(20(39-9)30-8-27-14-17(24)25-7-26-18(14)30)42-46(34,44-36-2)38-6-10-15(41-45)13(23)19(40-10)29-4-3-11(31)28-21(29)32/h3-4,7-10,12-13,15-16,19-20H,5-6H2,1-2H3,(H2,24,25,26)(H,28,31,32)/t9-,10-,12-,13-,15-,16-,19-,20-,45?,46?/m1/s1. The van der Waals surface area contributed by atoms with Crippen LogP contribution >= 0.6 is 15.6 Å². The van der Waals surface area contributed by atoms with Crippen LogP contribution in [0.25, 0.3) is 11.2 Å². The van der Waals surface area contributed by atoms with E-state index in [2.05, 4.69) is 24.7 Å². The van der Waals surface area contributed by atoms with E-state index in [0.717, 1.165) is 32.8 Å². The molecule has 3 aliphatic heterocycles. The molecule has 3 fully saturated rings. The van der Waals surface area contributed by atoms with Crippen LogP contribution in [0.5, 0.6) is 0 Å². The summed E-state index contributed by atoms with van der Waals surface area (Å²) in [7, 11) is -8.04. The highest BCUT2D eigenvalue weighted by atomic mass is 31.2. The van der Waals surface area contributed by atoms with Crippen molar-refractivity contribution in [1.29, 1.82) is 0 Å². The van der Waals surface area contributed by atoms with Gasteiger partial charge in [-0.25, -0.2) is 47.4 Å². The smallest absolute Gasteiger partial charge is 0.382 e. The van der Waals surface area contributed by atoms with Crippen molar-refractivity contribution in [3.63, 3.8) is 0 Å². The molecule has 0 amide bonds. The number of phosphoric acid groups is 2. The molecule has 21 nitrogen and oxygen atoms in total. The Hall–Kier alpha value is -3.05. The Labute approximate surface area is 254 Å². The summed E-state index contributed by atoms with van der Waals surface area (Å²) < 4.78 is 104. The third-order valence-electron chi connectivity index (χ3n) is 6.94. The van der Waals surface area contributed by atoms with E-state index in [-0.39, 0.29) is 17.0 Å². The van der Waals surface area contributed by atoms with Crippen molar-refractivity contribution >= 4 is 32.6 Å². The van der Waals surface area contributed by atoms with Crippen molar-refractivity contribution < 1.29 is 64.6 Å². The number of aromatic amines is 1. The van der Waals surface area contributed by atoms with Crippen LogP contribution in [0.4, 0.5) is 14.6 Å². The second kappa shape index (κ2) is 12.9. The summed E-state index contributed by atoms with van der Waals surface area (Å²) in [5.74, 6) is -0.00993. The normalized spacial score (nSPS) is 37.0. The van der Waals surface area contributed by atoms with Crippen LogP contribution in [0, 0.1) is 0 Å². The summed E-state index contributed by atoms with van der Waals surface area (Å²) in [5, 5.41) is 0. The molecule has 46 heavy (non-hydrogen) atoms. The minimum atomic E-state index is -4.97. The number of halogens is 2. The second-order valence-electron chi connectivity index (χ2n) is 9.73. The number of imidazole rings is 1. The summed E-state index contributed by atoms with van der Waals surface area (Å²) in [6.45, 7) is -1.82. The largest absolute Gasteiger partial charge is 0.502 e. The van der Waals surface area contributed by atoms with Crippen molar-refractivity contribution in [2.75, 3.05) is 33.2 Å². The van der Waals surface area contributed by atoms with E-state index >= 15 is 8.78 Å². The third kappa shape index (κ3) is 6.17. The van der Waals surface area contributed by atoms with Gasteiger partial charge in [0, 0.05) is 12.3 Å². The topological polar surface area (TPSA) is 251 Å². The molecule has 0 saturated carbocycles. The molecule has 0 aromatic carbocycles. The number of nitrogens with one attached hydrogen (secondary N) is 1. The number of nitrogens with two attached hydrogens (primary N) is 1. The minimum absolute atomic E-state index is 0.00993. The molecule has 0 spiro atoms.